The maximum atomic E-state index is 13.5. The summed E-state index contributed by atoms with van der Waals surface area (Å²) >= 11 is 0. The van der Waals surface area contributed by atoms with E-state index in [1.54, 1.807) is 63.5 Å². The first kappa shape index (κ1) is 99.5. The number of carbonyl (C=O) groups is 7. The van der Waals surface area contributed by atoms with Gasteiger partial charge in [-0.25, -0.2) is 49.3 Å². The SMILES string of the molecule is COC(OC)c1nc2c(cc1CN1CCCN(C)CC1=O)CCCC2.COCCCc1cc(N)ncc1C#N.COCCCc1cc(NC(=O)N2CCCc3cc(CN4CCCN(C)CC4=O)c(C(OC)OC)nc32)ncc1C#N.COCCCc1cc(NC(=O)N2CCCc3cc(CN4CCCN(C)CC4=O)c(C=O)nc32)ncc1C#N.O=C(n1cncn1)n1cncn1. The van der Waals surface area contributed by atoms with Gasteiger partial charge in [0.05, 0.1) is 36.3 Å². The standard InChI is InChI=1S/C29H39N7O5.C27H33N7O4.C19H29N3O3.C10H13N3O.C5H4N6O/c1-34-10-7-11-35(25(37)19-34)18-22-14-21-8-5-12-36(27(21)33-26(22)28(40-3)41-4)29(38)32-24-15-20(9-6-13-39-2)23(16-30)17-31-24;1-32-8-5-9-33(25(36)17-32)16-21-12-20-6-3-10-34(26(20)30-23(21)18-35)27(37)31-24-13-19(7-4-11-38-2)22(14-28)15-29-24;1-21-9-6-10-22(17(23)13-21)12-15-11-14-7-4-5-8-16(14)20-18(15)19(24-2)25-3;1-14-4-2-3-8-5-10(12)13-7-9(8)6-11;12-5(10-3-6-1-8-10)11-4-7-2-9-11/h14-15,17,28H,5-13,18-19H2,1-4H3,(H,31,32,38);12-13,15,18H,3-11,16-17H2,1-2H3,(H,29,31,37);11,19H,4-10,12-13H2,1-3H3;5,7H,2-4H2,1H3,(H2,12,13);1-4H. The molecule has 0 atom stereocenters. The summed E-state index contributed by atoms with van der Waals surface area (Å²) in [6.45, 7) is 9.94. The average molecular weight is 1790 g/mol. The number of rotatable bonds is 27. The number of amides is 7. The van der Waals surface area contributed by atoms with Crippen LogP contribution in [0.4, 0.5) is 43.5 Å². The molecule has 0 spiro atoms. The van der Waals surface area contributed by atoms with Crippen LogP contribution in [-0.2, 0) is 112 Å². The van der Waals surface area contributed by atoms with Crippen molar-refractivity contribution in [2.24, 2.45) is 0 Å². The molecule has 130 heavy (non-hydrogen) atoms. The van der Waals surface area contributed by atoms with Crippen molar-refractivity contribution < 1.29 is 66.7 Å². The number of hydrogen-bond donors (Lipinski definition) is 3. The van der Waals surface area contributed by atoms with E-state index in [4.69, 9.17) is 54.1 Å². The van der Waals surface area contributed by atoms with E-state index in [1.807, 2.05) is 52.9 Å². The van der Waals surface area contributed by atoms with Gasteiger partial charge >= 0.3 is 18.1 Å². The number of nitrogen functional groups attached to an aromatic ring is 1. The molecule has 0 unspecified atom stereocenters. The molecule has 40 nitrogen and oxygen atoms in total. The van der Waals surface area contributed by atoms with Gasteiger partial charge in [0, 0.05) is 171 Å². The van der Waals surface area contributed by atoms with Gasteiger partial charge in [0.2, 0.25) is 30.3 Å². The number of likely N-dealkylation sites (N-methyl/N-ethyl adjacent to an activating group) is 3. The third-order valence-electron chi connectivity index (χ3n) is 22.6. The monoisotopic (exact) mass is 1790 g/mol. The van der Waals surface area contributed by atoms with Crippen molar-refractivity contribution in [3.63, 3.8) is 0 Å². The minimum atomic E-state index is -0.762. The highest BCUT2D eigenvalue weighted by Crippen LogP contribution is 2.35. The number of nitriles is 3. The predicted octanol–water partition coefficient (Wildman–Crippen LogP) is 7.67. The highest BCUT2D eigenvalue weighted by Gasteiger charge is 2.34. The van der Waals surface area contributed by atoms with E-state index in [9.17, 15) is 44.1 Å². The van der Waals surface area contributed by atoms with Crippen LogP contribution < -0.4 is 26.2 Å². The molecule has 40 heteroatoms. The number of aromatic nitrogens is 12. The number of nitrogens with one attached hydrogen (secondary N) is 2. The Morgan fingerprint density at radius 2 is 0.862 bits per heavy atom. The van der Waals surface area contributed by atoms with Crippen molar-refractivity contribution in [1.29, 1.82) is 15.8 Å². The van der Waals surface area contributed by atoms with Crippen molar-refractivity contribution in [1.82, 2.24) is 88.8 Å². The lowest BCUT2D eigenvalue weighted by Crippen LogP contribution is -2.40. The van der Waals surface area contributed by atoms with E-state index in [2.05, 4.69) is 79.9 Å². The van der Waals surface area contributed by atoms with E-state index in [0.29, 0.717) is 168 Å². The number of urea groups is 2. The molecule has 5 aliphatic heterocycles. The number of hydrogen-bond acceptors (Lipinski definition) is 31. The van der Waals surface area contributed by atoms with Crippen LogP contribution in [0.2, 0.25) is 0 Å². The highest BCUT2D eigenvalue weighted by atomic mass is 16.7. The molecule has 14 rings (SSSR count). The summed E-state index contributed by atoms with van der Waals surface area (Å²) in [5.74, 6) is 2.39. The Balaban J connectivity index is 0.000000180. The summed E-state index contributed by atoms with van der Waals surface area (Å²) < 4.78 is 39.4. The Labute approximate surface area is 757 Å². The van der Waals surface area contributed by atoms with Crippen molar-refractivity contribution in [3.05, 3.63) is 170 Å². The molecule has 8 aromatic heterocycles. The van der Waals surface area contributed by atoms with E-state index < -0.39 is 24.6 Å². The summed E-state index contributed by atoms with van der Waals surface area (Å²) in [4.78, 5) is 137. The smallest absolute Gasteiger partial charge is 0.372 e. The Hall–Kier alpha value is -12.7. The van der Waals surface area contributed by atoms with Gasteiger partial charge < -0.3 is 53.6 Å². The van der Waals surface area contributed by atoms with Crippen LogP contribution in [0.1, 0.15) is 171 Å². The molecule has 0 saturated carbocycles. The van der Waals surface area contributed by atoms with Crippen molar-refractivity contribution >= 4 is 71.2 Å². The van der Waals surface area contributed by atoms with Crippen LogP contribution in [0.5, 0.6) is 0 Å². The number of anilines is 5. The lowest BCUT2D eigenvalue weighted by Gasteiger charge is -2.31. The fourth-order valence-corrected chi connectivity index (χ4v) is 15.9. The van der Waals surface area contributed by atoms with Gasteiger partial charge in [0.15, 0.2) is 6.29 Å². The summed E-state index contributed by atoms with van der Waals surface area (Å²) in [6, 6.07) is 16.6. The minimum absolute atomic E-state index is 0.0251. The largest absolute Gasteiger partial charge is 0.385 e. The summed E-state index contributed by atoms with van der Waals surface area (Å²) in [5.41, 5.74) is 18.0. The van der Waals surface area contributed by atoms with Crippen LogP contribution in [0.3, 0.4) is 0 Å². The number of ether oxygens (including phenoxy) is 7. The second-order valence-corrected chi connectivity index (χ2v) is 32.0. The molecular weight excluding hydrogens is 1670 g/mol. The number of aryl methyl sites for hydroxylation is 7. The van der Waals surface area contributed by atoms with Gasteiger partial charge in [-0.1, -0.05) is 6.07 Å². The van der Waals surface area contributed by atoms with Crippen molar-refractivity contribution in [2.45, 2.75) is 141 Å². The second-order valence-electron chi connectivity index (χ2n) is 32.0. The van der Waals surface area contributed by atoms with Crippen LogP contribution in [-0.4, -0.2) is 294 Å². The number of nitrogens with two attached hydrogens (primary N) is 1. The zero-order valence-electron chi connectivity index (χ0n) is 75.9. The predicted molar refractivity (Wildman–Crippen MR) is 478 cm³/mol. The lowest BCUT2D eigenvalue weighted by atomic mass is 9.93. The van der Waals surface area contributed by atoms with Crippen LogP contribution in [0, 0.1) is 34.0 Å². The van der Waals surface area contributed by atoms with Gasteiger partial charge in [0.25, 0.3) is 0 Å². The van der Waals surface area contributed by atoms with Crippen molar-refractivity contribution in [3.8, 4) is 18.2 Å². The van der Waals surface area contributed by atoms with E-state index in [0.717, 1.165) is 163 Å². The molecule has 0 bridgehead atoms. The molecule has 7 amide bonds. The Morgan fingerprint density at radius 1 is 0.469 bits per heavy atom. The zero-order chi connectivity index (χ0) is 93.0. The molecule has 8 aromatic rings. The molecular formula is C90H118N26O14. The van der Waals surface area contributed by atoms with Gasteiger partial charge in [-0.15, -0.1) is 0 Å². The van der Waals surface area contributed by atoms with E-state index >= 15 is 0 Å². The van der Waals surface area contributed by atoms with Crippen LogP contribution in [0.15, 0.2) is 80.3 Å². The molecule has 13 heterocycles. The topological polar surface area (TPSA) is 470 Å². The molecule has 3 fully saturated rings. The molecule has 4 N–H and O–H groups in total. The number of pyridine rings is 6. The summed E-state index contributed by atoms with van der Waals surface area (Å²) in [6.07, 6.45) is 23.6. The third kappa shape index (κ3) is 27.9. The molecule has 0 aromatic carbocycles. The number of carbonyl (C=O) groups excluding carboxylic acids is 7. The minimum Gasteiger partial charge on any atom is -0.385 e. The number of nitrogens with zero attached hydrogens (tertiary/aromatic N) is 23. The van der Waals surface area contributed by atoms with Gasteiger partial charge in [-0.05, 0) is 205 Å². The number of fused-ring (bicyclic) bond motifs is 3. The molecule has 6 aliphatic rings. The second kappa shape index (κ2) is 50.9. The molecule has 0 radical (unpaired) electrons. The first-order valence-corrected chi connectivity index (χ1v) is 43.4. The Bertz CT molecular complexity index is 5210. The fraction of sp³-hybridized carbons (Fsp3) is 0.511. The lowest BCUT2D eigenvalue weighted by molar-refractivity contribution is -0.132. The van der Waals surface area contributed by atoms with E-state index in [-0.39, 0.29) is 29.4 Å². The van der Waals surface area contributed by atoms with Crippen molar-refractivity contribution in [2.75, 3.05) is 189 Å². The first-order chi connectivity index (χ1) is 63.1. The summed E-state index contributed by atoms with van der Waals surface area (Å²) in [5, 5.41) is 40.7. The van der Waals surface area contributed by atoms with Gasteiger partial charge in [-0.2, -0.15) is 35.3 Å². The van der Waals surface area contributed by atoms with Gasteiger partial charge in [0.1, 0.15) is 89.7 Å². The third-order valence-corrected chi connectivity index (χ3v) is 22.6. The molecule has 1 aliphatic carbocycles. The molecule has 3 saturated heterocycles. The normalized spacial score (nSPS) is 15.4. The first-order valence-electron chi connectivity index (χ1n) is 43.4. The maximum absolute atomic E-state index is 13.5. The average Bonchev–Trinajstić information content (AvgIpc) is 0.980. The highest BCUT2D eigenvalue weighted by molar-refractivity contribution is 6.02. The maximum Gasteiger partial charge on any atom is 0.372 e. The summed E-state index contributed by atoms with van der Waals surface area (Å²) in [7, 11) is 17.1. The number of aldehydes is 1. The van der Waals surface area contributed by atoms with E-state index in [1.165, 1.54) is 81.4 Å². The Morgan fingerprint density at radius 3 is 1.28 bits per heavy atom. The Kier molecular flexibility index (Phi) is 39.0. The quantitative estimate of drug-likeness (QED) is 0.0252. The van der Waals surface area contributed by atoms with Gasteiger partial charge in [-0.3, -0.25) is 59.3 Å². The van der Waals surface area contributed by atoms with Crippen LogP contribution >= 0.6 is 0 Å². The zero-order valence-corrected chi connectivity index (χ0v) is 75.9. The number of methoxy groups -OCH3 is 7. The fourth-order valence-electron chi connectivity index (χ4n) is 15.9. The molecule has 692 valence electrons. The van der Waals surface area contributed by atoms with Crippen LogP contribution in [0.25, 0.3) is 0 Å².